The van der Waals surface area contributed by atoms with Gasteiger partial charge in [-0.25, -0.2) is 0 Å². The van der Waals surface area contributed by atoms with Crippen LogP contribution in [0.3, 0.4) is 0 Å². The van der Waals surface area contributed by atoms with Crippen LogP contribution in [-0.4, -0.2) is 0 Å². The molecule has 1 nitrogen and oxygen atoms in total. The van der Waals surface area contributed by atoms with Crippen LogP contribution < -0.4 is 24.8 Å². The SMILES string of the molecule is CC1=CC(C)C(c2ccc3ccccc3c2C[O][Ti+2])=C1C.[Cl-].[Cl-]. The molecule has 0 aromatic heterocycles. The van der Waals surface area contributed by atoms with Gasteiger partial charge < -0.3 is 24.8 Å². The van der Waals surface area contributed by atoms with Gasteiger partial charge >= 0.3 is 139 Å². The van der Waals surface area contributed by atoms with Gasteiger partial charge in [0.1, 0.15) is 0 Å². The molecular weight excluding hydrogens is 363 g/mol. The fourth-order valence-electron chi connectivity index (χ4n) is 3.40. The molecule has 0 N–H and O–H groups in total. The third-order valence-corrected chi connectivity index (χ3v) is 4.72. The quantitative estimate of drug-likeness (QED) is 0.632. The van der Waals surface area contributed by atoms with Crippen molar-refractivity contribution in [2.75, 3.05) is 0 Å². The van der Waals surface area contributed by atoms with Crippen molar-refractivity contribution in [3.63, 3.8) is 0 Å². The molecule has 0 heterocycles. The van der Waals surface area contributed by atoms with Crippen molar-refractivity contribution >= 4 is 16.3 Å². The smallest absolute Gasteiger partial charge is 1.00 e. The zero-order valence-corrected chi connectivity index (χ0v) is 16.6. The van der Waals surface area contributed by atoms with Crippen molar-refractivity contribution in [2.24, 2.45) is 5.92 Å². The van der Waals surface area contributed by atoms with Gasteiger partial charge in [-0.2, -0.15) is 0 Å². The van der Waals surface area contributed by atoms with Gasteiger partial charge in [-0.05, 0) is 0 Å². The van der Waals surface area contributed by atoms with Crippen LogP contribution in [0.2, 0.25) is 0 Å². The summed E-state index contributed by atoms with van der Waals surface area (Å²) in [5.41, 5.74) is 6.91. The number of hydrogen-bond donors (Lipinski definition) is 0. The third kappa shape index (κ3) is 3.75. The van der Waals surface area contributed by atoms with E-state index in [0.717, 1.165) is 0 Å². The Morgan fingerprint density at radius 2 is 1.74 bits per heavy atom. The van der Waals surface area contributed by atoms with Gasteiger partial charge in [0.25, 0.3) is 0 Å². The van der Waals surface area contributed by atoms with Gasteiger partial charge in [-0.3, -0.25) is 0 Å². The van der Waals surface area contributed by atoms with Crippen LogP contribution in [0.4, 0.5) is 0 Å². The molecule has 0 radical (unpaired) electrons. The molecule has 2 aromatic carbocycles. The van der Waals surface area contributed by atoms with E-state index < -0.39 is 0 Å². The zero-order valence-electron chi connectivity index (χ0n) is 13.5. The van der Waals surface area contributed by atoms with Gasteiger partial charge in [-0.1, -0.05) is 0 Å². The number of allylic oxidation sites excluding steroid dienone is 4. The van der Waals surface area contributed by atoms with Crippen molar-refractivity contribution in [3.05, 3.63) is 64.7 Å². The number of fused-ring (bicyclic) bond motifs is 1. The molecule has 0 aliphatic heterocycles. The number of halogens is 2. The first kappa shape index (κ1) is 20.5. The first-order chi connectivity index (χ1) is 10.1. The fraction of sp³-hybridized carbons (Fsp3) is 0.263. The molecule has 1 aliphatic carbocycles. The largest absolute Gasteiger partial charge is 1.00 e. The minimum atomic E-state index is 0. The summed E-state index contributed by atoms with van der Waals surface area (Å²) in [6, 6.07) is 13.0. The van der Waals surface area contributed by atoms with Crippen LogP contribution in [-0.2, 0) is 30.7 Å². The number of rotatable bonds is 3. The Labute approximate surface area is 162 Å². The van der Waals surface area contributed by atoms with E-state index in [9.17, 15) is 0 Å². The second-order valence-electron chi connectivity index (χ2n) is 5.78. The van der Waals surface area contributed by atoms with Crippen LogP contribution in [0, 0.1) is 5.92 Å². The van der Waals surface area contributed by atoms with Crippen molar-refractivity contribution < 1.29 is 49.0 Å². The van der Waals surface area contributed by atoms with E-state index in [1.807, 2.05) is 0 Å². The molecule has 0 saturated heterocycles. The van der Waals surface area contributed by atoms with Gasteiger partial charge in [0.15, 0.2) is 0 Å². The maximum absolute atomic E-state index is 5.49. The standard InChI is InChI=1S/C19H19O.2ClH.Ti/c1-12-10-13(2)19(14(12)3)17-9-8-15-6-4-5-7-16(15)18(17)11-20;;;/h4-10,13H,11H2,1-3H3;2*1H;/q-1;;;+3/p-2. The third-order valence-electron chi connectivity index (χ3n) is 4.50. The molecule has 2 aromatic rings. The minimum Gasteiger partial charge on any atom is -1.00 e. The molecule has 4 heteroatoms. The maximum Gasteiger partial charge on any atom is -1.00 e. The maximum atomic E-state index is 5.49. The van der Waals surface area contributed by atoms with Crippen molar-refractivity contribution in [1.82, 2.24) is 0 Å². The molecule has 0 saturated carbocycles. The topological polar surface area (TPSA) is 9.23 Å². The summed E-state index contributed by atoms with van der Waals surface area (Å²) in [5.74, 6) is 0.474. The van der Waals surface area contributed by atoms with Crippen molar-refractivity contribution in [2.45, 2.75) is 27.4 Å². The minimum absolute atomic E-state index is 0. The van der Waals surface area contributed by atoms with Crippen LogP contribution in [0.1, 0.15) is 31.9 Å². The number of hydrogen-bond acceptors (Lipinski definition) is 1. The van der Waals surface area contributed by atoms with E-state index >= 15 is 0 Å². The Morgan fingerprint density at radius 3 is 2.35 bits per heavy atom. The van der Waals surface area contributed by atoms with Gasteiger partial charge in [-0.15, -0.1) is 0 Å². The van der Waals surface area contributed by atoms with E-state index in [0.29, 0.717) is 12.5 Å². The molecule has 1 atom stereocenters. The molecule has 0 spiro atoms. The average Bonchev–Trinajstić information content (AvgIpc) is 2.73. The van der Waals surface area contributed by atoms with Gasteiger partial charge in [0, 0.05) is 0 Å². The first-order valence-electron chi connectivity index (χ1n) is 7.32. The Balaban J connectivity index is 0.00000132. The van der Waals surface area contributed by atoms with E-state index in [2.05, 4.69) is 63.2 Å². The molecule has 23 heavy (non-hydrogen) atoms. The van der Waals surface area contributed by atoms with E-state index in [-0.39, 0.29) is 24.8 Å². The molecule has 0 amide bonds. The van der Waals surface area contributed by atoms with Crippen LogP contribution in [0.5, 0.6) is 0 Å². The summed E-state index contributed by atoms with van der Waals surface area (Å²) in [4.78, 5) is 0. The van der Waals surface area contributed by atoms with E-state index in [4.69, 9.17) is 3.32 Å². The molecule has 1 unspecified atom stereocenters. The van der Waals surface area contributed by atoms with Crippen LogP contribution >= 0.6 is 0 Å². The van der Waals surface area contributed by atoms with Crippen LogP contribution in [0.15, 0.2) is 53.6 Å². The predicted octanol–water partition coefficient (Wildman–Crippen LogP) is -0.804. The molecular formula is C19H19Cl2OTi. The molecule has 0 bridgehead atoms. The van der Waals surface area contributed by atoms with Gasteiger partial charge in [0.2, 0.25) is 0 Å². The second kappa shape index (κ2) is 8.51. The Hall–Kier alpha value is -0.566. The van der Waals surface area contributed by atoms with Crippen molar-refractivity contribution in [1.29, 1.82) is 0 Å². The summed E-state index contributed by atoms with van der Waals surface area (Å²) in [6.45, 7) is 7.37. The summed E-state index contributed by atoms with van der Waals surface area (Å²) >= 11 is 1.77. The van der Waals surface area contributed by atoms with Crippen molar-refractivity contribution in [3.8, 4) is 0 Å². The normalized spacial score (nSPS) is 16.9. The molecule has 1 aliphatic rings. The van der Waals surface area contributed by atoms with E-state index in [1.165, 1.54) is 38.6 Å². The molecule has 3 rings (SSSR count). The fourth-order valence-corrected chi connectivity index (χ4v) is 3.63. The summed E-state index contributed by atoms with van der Waals surface area (Å²) in [5, 5.41) is 2.58. The van der Waals surface area contributed by atoms with Gasteiger partial charge in [0.05, 0.1) is 0 Å². The van der Waals surface area contributed by atoms with Crippen LogP contribution in [0.25, 0.3) is 16.3 Å². The number of benzene rings is 2. The zero-order chi connectivity index (χ0) is 15.0. The molecule has 119 valence electrons. The predicted molar refractivity (Wildman–Crippen MR) is 84.3 cm³/mol. The average molecular weight is 382 g/mol. The first-order valence-corrected chi connectivity index (χ1v) is 7.96. The summed E-state index contributed by atoms with van der Waals surface area (Å²) in [6.07, 6.45) is 2.36. The Bertz CT molecular complexity index is 765. The summed E-state index contributed by atoms with van der Waals surface area (Å²) < 4.78 is 5.49. The monoisotopic (exact) mass is 381 g/mol. The Kier molecular flexibility index (Phi) is 7.58. The Morgan fingerprint density at radius 1 is 1.04 bits per heavy atom. The summed E-state index contributed by atoms with van der Waals surface area (Å²) in [7, 11) is 0. The molecule has 0 fully saturated rings. The second-order valence-corrected chi connectivity index (χ2v) is 6.23. The van der Waals surface area contributed by atoms with E-state index in [1.54, 1.807) is 20.8 Å².